The molecule has 0 aromatic heterocycles. The van der Waals surface area contributed by atoms with Crippen molar-refractivity contribution >= 4 is 23.8 Å². The molecule has 0 aromatic carbocycles. The fourth-order valence-corrected chi connectivity index (χ4v) is 2.98. The zero-order valence-electron chi connectivity index (χ0n) is 10.9. The van der Waals surface area contributed by atoms with Gasteiger partial charge in [-0.1, -0.05) is 0 Å². The van der Waals surface area contributed by atoms with E-state index in [1.54, 1.807) is 23.6 Å². The maximum absolute atomic E-state index is 12.0. The van der Waals surface area contributed by atoms with Gasteiger partial charge < -0.3 is 15.3 Å². The monoisotopic (exact) mass is 272 g/mol. The molecule has 6 heteroatoms. The smallest absolute Gasteiger partial charge is 0.317 e. The van der Waals surface area contributed by atoms with Gasteiger partial charge in [-0.15, -0.1) is 0 Å². The number of carboxylic acid groups (broad SMARTS) is 1. The highest BCUT2D eigenvalue weighted by atomic mass is 32.2. The zero-order chi connectivity index (χ0) is 13.4. The third-order valence-corrected chi connectivity index (χ3v) is 5.50. The first-order chi connectivity index (χ1) is 8.41. The van der Waals surface area contributed by atoms with Crippen LogP contribution in [0.15, 0.2) is 0 Å². The van der Waals surface area contributed by atoms with Gasteiger partial charge in [-0.3, -0.25) is 4.79 Å². The molecule has 0 bridgehead atoms. The Balaban J connectivity index is 1.82. The maximum Gasteiger partial charge on any atom is 0.317 e. The molecule has 102 valence electrons. The lowest BCUT2D eigenvalue weighted by atomic mass is 9.90. The second kappa shape index (κ2) is 4.64. The van der Waals surface area contributed by atoms with Crippen LogP contribution in [0, 0.1) is 5.41 Å². The molecule has 5 nitrogen and oxygen atoms in total. The van der Waals surface area contributed by atoms with Gasteiger partial charge >= 0.3 is 12.0 Å². The molecule has 1 saturated heterocycles. The van der Waals surface area contributed by atoms with Crippen LogP contribution in [0.25, 0.3) is 0 Å². The first kappa shape index (κ1) is 13.5. The highest BCUT2D eigenvalue weighted by Crippen LogP contribution is 2.46. The van der Waals surface area contributed by atoms with Gasteiger partial charge in [-0.25, -0.2) is 4.79 Å². The van der Waals surface area contributed by atoms with E-state index in [2.05, 4.69) is 11.6 Å². The summed E-state index contributed by atoms with van der Waals surface area (Å²) in [5, 5.41) is 12.0. The predicted octanol–water partition coefficient (Wildman–Crippen LogP) is 1.39. The topological polar surface area (TPSA) is 69.6 Å². The molecule has 0 aromatic rings. The Kier molecular flexibility index (Phi) is 3.49. The van der Waals surface area contributed by atoms with E-state index in [1.165, 1.54) is 0 Å². The van der Waals surface area contributed by atoms with E-state index in [-0.39, 0.29) is 10.8 Å². The molecule has 2 amide bonds. The highest BCUT2D eigenvalue weighted by molar-refractivity contribution is 8.00. The molecule has 2 N–H and O–H groups in total. The van der Waals surface area contributed by atoms with Gasteiger partial charge in [0.25, 0.3) is 0 Å². The first-order valence-electron chi connectivity index (χ1n) is 6.22. The molecule has 1 saturated carbocycles. The van der Waals surface area contributed by atoms with Gasteiger partial charge in [0.05, 0.1) is 5.41 Å². The molecule has 2 rings (SSSR count). The minimum atomic E-state index is -0.819. The van der Waals surface area contributed by atoms with Crippen LogP contribution in [0.1, 0.15) is 26.2 Å². The lowest BCUT2D eigenvalue weighted by Crippen LogP contribution is -2.43. The number of likely N-dealkylation sites (tertiary alicyclic amines) is 1. The Morgan fingerprint density at radius 3 is 2.50 bits per heavy atom. The zero-order valence-corrected chi connectivity index (χ0v) is 11.7. The summed E-state index contributed by atoms with van der Waals surface area (Å²) in [6, 6.07) is -0.125. The standard InChI is InChI=1S/C12H20N2O3S/c1-11(9(15)16)5-6-14(8-11)10(17)13-7-12(18-2)3-4-12/h3-8H2,1-2H3,(H,13,17)(H,15,16). The van der Waals surface area contributed by atoms with Crippen molar-refractivity contribution in [2.75, 3.05) is 25.9 Å². The fraction of sp³-hybridized carbons (Fsp3) is 0.833. The van der Waals surface area contributed by atoms with Crippen molar-refractivity contribution in [1.82, 2.24) is 10.2 Å². The summed E-state index contributed by atoms with van der Waals surface area (Å²) in [6.45, 7) is 3.22. The number of carbonyl (C=O) groups excluding carboxylic acids is 1. The van der Waals surface area contributed by atoms with Gasteiger partial charge in [-0.05, 0) is 32.4 Å². The number of aliphatic carboxylic acids is 1. The van der Waals surface area contributed by atoms with Crippen molar-refractivity contribution < 1.29 is 14.7 Å². The quantitative estimate of drug-likeness (QED) is 0.811. The van der Waals surface area contributed by atoms with E-state index in [0.717, 1.165) is 12.8 Å². The lowest BCUT2D eigenvalue weighted by molar-refractivity contribution is -0.146. The van der Waals surface area contributed by atoms with E-state index < -0.39 is 11.4 Å². The Labute approximate surface area is 111 Å². The molecule has 2 aliphatic rings. The van der Waals surface area contributed by atoms with Crippen LogP contribution >= 0.6 is 11.8 Å². The molecule has 1 unspecified atom stereocenters. The van der Waals surface area contributed by atoms with Crippen LogP contribution in [-0.2, 0) is 4.79 Å². The van der Waals surface area contributed by atoms with E-state index in [4.69, 9.17) is 5.11 Å². The number of rotatable bonds is 4. The SMILES string of the molecule is CSC1(CNC(=O)N2CCC(C)(C(=O)O)C2)CC1. The van der Waals surface area contributed by atoms with Gasteiger partial charge in [0.15, 0.2) is 0 Å². The molecular weight excluding hydrogens is 252 g/mol. The summed E-state index contributed by atoms with van der Waals surface area (Å²) in [5.41, 5.74) is -0.784. The number of thioether (sulfide) groups is 1. The van der Waals surface area contributed by atoms with E-state index in [9.17, 15) is 9.59 Å². The minimum Gasteiger partial charge on any atom is -0.481 e. The van der Waals surface area contributed by atoms with Crippen LogP contribution in [0.2, 0.25) is 0 Å². The number of nitrogens with one attached hydrogen (secondary N) is 1. The van der Waals surface area contributed by atoms with Crippen molar-refractivity contribution in [2.45, 2.75) is 30.9 Å². The van der Waals surface area contributed by atoms with Gasteiger partial charge in [0.2, 0.25) is 0 Å². The van der Waals surface area contributed by atoms with Gasteiger partial charge in [0.1, 0.15) is 0 Å². The number of amides is 2. The third-order valence-electron chi connectivity index (χ3n) is 4.08. The molecule has 2 fully saturated rings. The van der Waals surface area contributed by atoms with E-state index >= 15 is 0 Å². The number of nitrogens with zero attached hydrogens (tertiary/aromatic N) is 1. The third kappa shape index (κ3) is 2.58. The molecule has 1 aliphatic carbocycles. The van der Waals surface area contributed by atoms with Crippen molar-refractivity contribution in [2.24, 2.45) is 5.41 Å². The summed E-state index contributed by atoms with van der Waals surface area (Å²) in [6.07, 6.45) is 4.91. The summed E-state index contributed by atoms with van der Waals surface area (Å²) < 4.78 is 0.242. The predicted molar refractivity (Wildman–Crippen MR) is 70.8 cm³/mol. The minimum absolute atomic E-state index is 0.125. The lowest BCUT2D eigenvalue weighted by Gasteiger charge is -2.22. The van der Waals surface area contributed by atoms with Crippen molar-refractivity contribution in [1.29, 1.82) is 0 Å². The van der Waals surface area contributed by atoms with Crippen LogP contribution in [-0.4, -0.2) is 52.6 Å². The highest BCUT2D eigenvalue weighted by Gasteiger charge is 2.44. The molecule has 1 atom stereocenters. The number of carbonyl (C=O) groups is 2. The number of hydrogen-bond acceptors (Lipinski definition) is 3. The van der Waals surface area contributed by atoms with E-state index in [1.807, 2.05) is 0 Å². The number of carboxylic acids is 1. The Hall–Kier alpha value is -0.910. The second-order valence-electron chi connectivity index (χ2n) is 5.58. The first-order valence-corrected chi connectivity index (χ1v) is 7.45. The molecule has 1 aliphatic heterocycles. The van der Waals surface area contributed by atoms with Crippen molar-refractivity contribution in [3.8, 4) is 0 Å². The van der Waals surface area contributed by atoms with Gasteiger partial charge in [-0.2, -0.15) is 11.8 Å². The summed E-state index contributed by atoms with van der Waals surface area (Å²) in [5.74, 6) is -0.819. The molecule has 0 spiro atoms. The number of urea groups is 1. The summed E-state index contributed by atoms with van der Waals surface area (Å²) in [4.78, 5) is 24.7. The van der Waals surface area contributed by atoms with Crippen LogP contribution in [0.3, 0.4) is 0 Å². The average Bonchev–Trinajstić information content (AvgIpc) is 3.02. The van der Waals surface area contributed by atoms with Crippen LogP contribution in [0.4, 0.5) is 4.79 Å². The van der Waals surface area contributed by atoms with Crippen molar-refractivity contribution in [3.05, 3.63) is 0 Å². The molecule has 1 heterocycles. The average molecular weight is 272 g/mol. The molecular formula is C12H20N2O3S. The summed E-state index contributed by atoms with van der Waals surface area (Å²) in [7, 11) is 0. The Morgan fingerprint density at radius 2 is 2.06 bits per heavy atom. The second-order valence-corrected chi connectivity index (χ2v) is 6.86. The molecule has 0 radical (unpaired) electrons. The molecule has 18 heavy (non-hydrogen) atoms. The largest absolute Gasteiger partial charge is 0.481 e. The Morgan fingerprint density at radius 1 is 1.39 bits per heavy atom. The van der Waals surface area contributed by atoms with E-state index in [0.29, 0.717) is 26.1 Å². The van der Waals surface area contributed by atoms with Crippen LogP contribution in [0.5, 0.6) is 0 Å². The Bertz CT molecular complexity index is 370. The van der Waals surface area contributed by atoms with Gasteiger partial charge in [0, 0.05) is 24.4 Å². The fourth-order valence-electron chi connectivity index (χ4n) is 2.25. The number of hydrogen-bond donors (Lipinski definition) is 2. The maximum atomic E-state index is 12.0. The summed E-state index contributed by atoms with van der Waals surface area (Å²) >= 11 is 1.80. The normalized spacial score (nSPS) is 29.1. The van der Waals surface area contributed by atoms with Crippen LogP contribution < -0.4 is 5.32 Å². The van der Waals surface area contributed by atoms with Crippen molar-refractivity contribution in [3.63, 3.8) is 0 Å².